The number of aryl methyl sites for hydroxylation is 2. The molecular formula is C19H23N5O2S. The fourth-order valence-electron chi connectivity index (χ4n) is 2.43. The second-order valence-electron chi connectivity index (χ2n) is 6.25. The molecule has 0 spiro atoms. The van der Waals surface area contributed by atoms with Crippen molar-refractivity contribution in [3.63, 3.8) is 0 Å². The van der Waals surface area contributed by atoms with E-state index in [2.05, 4.69) is 32.7 Å². The number of benzene rings is 1. The smallest absolute Gasteiger partial charge is 0.321 e. The second-order valence-corrected chi connectivity index (χ2v) is 7.31. The van der Waals surface area contributed by atoms with Crippen molar-refractivity contribution in [2.24, 2.45) is 0 Å². The van der Waals surface area contributed by atoms with Crippen molar-refractivity contribution in [2.75, 3.05) is 11.9 Å². The summed E-state index contributed by atoms with van der Waals surface area (Å²) in [6, 6.07) is 7.70. The normalized spacial score (nSPS) is 10.7. The Bertz CT molecular complexity index is 872. The zero-order chi connectivity index (χ0) is 19.1. The summed E-state index contributed by atoms with van der Waals surface area (Å²) in [6.45, 7) is 4.62. The first-order valence-corrected chi connectivity index (χ1v) is 9.84. The second kappa shape index (κ2) is 9.27. The van der Waals surface area contributed by atoms with Crippen LogP contribution in [0, 0.1) is 6.92 Å². The lowest BCUT2D eigenvalue weighted by molar-refractivity contribution is 0.252. The van der Waals surface area contributed by atoms with Crippen molar-refractivity contribution >= 4 is 22.5 Å². The third-order valence-electron chi connectivity index (χ3n) is 3.95. The van der Waals surface area contributed by atoms with Crippen LogP contribution < -0.4 is 10.6 Å². The van der Waals surface area contributed by atoms with Crippen LogP contribution in [-0.4, -0.2) is 27.8 Å². The van der Waals surface area contributed by atoms with Crippen LogP contribution in [0.5, 0.6) is 0 Å². The van der Waals surface area contributed by atoms with Gasteiger partial charge in [0.25, 0.3) is 0 Å². The Morgan fingerprint density at radius 2 is 2.00 bits per heavy atom. The fourth-order valence-corrected chi connectivity index (χ4v) is 3.21. The van der Waals surface area contributed by atoms with Gasteiger partial charge in [0, 0.05) is 24.9 Å². The van der Waals surface area contributed by atoms with Crippen molar-refractivity contribution in [3.05, 3.63) is 46.8 Å². The summed E-state index contributed by atoms with van der Waals surface area (Å²) in [6.07, 6.45) is 5.28. The Balaban J connectivity index is 1.43. The standard InChI is InChI=1S/C19H23N5O2S/c1-3-4-5-16-23-24-19(27-16)22-18(25)20-11-10-15-12-26-17(21-15)14-8-6-13(2)7-9-14/h6-9,12H,3-5,10-11H2,1-2H3,(H2,20,22,24,25). The van der Waals surface area contributed by atoms with Crippen molar-refractivity contribution in [3.8, 4) is 11.5 Å². The van der Waals surface area contributed by atoms with Crippen molar-refractivity contribution in [1.82, 2.24) is 20.5 Å². The summed E-state index contributed by atoms with van der Waals surface area (Å²) in [7, 11) is 0. The highest BCUT2D eigenvalue weighted by Gasteiger charge is 2.09. The number of amides is 2. The average molecular weight is 385 g/mol. The number of nitrogens with zero attached hydrogens (tertiary/aromatic N) is 3. The lowest BCUT2D eigenvalue weighted by Crippen LogP contribution is -2.30. The molecule has 0 fully saturated rings. The molecule has 3 rings (SSSR count). The number of hydrogen-bond donors (Lipinski definition) is 2. The Morgan fingerprint density at radius 3 is 2.78 bits per heavy atom. The molecule has 0 radical (unpaired) electrons. The van der Waals surface area contributed by atoms with Crippen LogP contribution in [-0.2, 0) is 12.8 Å². The maximum atomic E-state index is 12.0. The van der Waals surface area contributed by atoms with E-state index >= 15 is 0 Å². The maximum Gasteiger partial charge on any atom is 0.321 e. The lowest BCUT2D eigenvalue weighted by Gasteiger charge is -2.03. The van der Waals surface area contributed by atoms with Crippen molar-refractivity contribution < 1.29 is 9.21 Å². The molecule has 142 valence electrons. The molecule has 0 aliphatic rings. The first kappa shape index (κ1) is 19.0. The van der Waals surface area contributed by atoms with Crippen LogP contribution in [0.2, 0.25) is 0 Å². The molecule has 0 aliphatic carbocycles. The molecule has 0 atom stereocenters. The third-order valence-corrected chi connectivity index (χ3v) is 4.85. The zero-order valence-electron chi connectivity index (χ0n) is 15.5. The van der Waals surface area contributed by atoms with E-state index in [1.165, 1.54) is 16.9 Å². The van der Waals surface area contributed by atoms with Gasteiger partial charge in [-0.05, 0) is 25.5 Å². The van der Waals surface area contributed by atoms with Crippen LogP contribution in [0.3, 0.4) is 0 Å². The topological polar surface area (TPSA) is 92.9 Å². The summed E-state index contributed by atoms with van der Waals surface area (Å²) in [5.41, 5.74) is 2.92. The quantitative estimate of drug-likeness (QED) is 0.606. The van der Waals surface area contributed by atoms with Gasteiger partial charge in [-0.25, -0.2) is 9.78 Å². The summed E-state index contributed by atoms with van der Waals surface area (Å²) in [4.78, 5) is 16.4. The lowest BCUT2D eigenvalue weighted by atomic mass is 10.1. The van der Waals surface area contributed by atoms with E-state index in [9.17, 15) is 4.79 Å². The van der Waals surface area contributed by atoms with E-state index in [4.69, 9.17) is 4.42 Å². The number of aromatic nitrogens is 3. The summed E-state index contributed by atoms with van der Waals surface area (Å²) in [5, 5.41) is 15.0. The van der Waals surface area contributed by atoms with E-state index in [-0.39, 0.29) is 6.03 Å². The average Bonchev–Trinajstić information content (AvgIpc) is 3.30. The molecule has 0 unspecified atom stereocenters. The number of rotatable bonds is 8. The number of urea groups is 1. The predicted octanol–water partition coefficient (Wildman–Crippen LogP) is 4.21. The molecule has 27 heavy (non-hydrogen) atoms. The highest BCUT2D eigenvalue weighted by atomic mass is 32.1. The van der Waals surface area contributed by atoms with E-state index in [1.807, 2.05) is 31.2 Å². The highest BCUT2D eigenvalue weighted by molar-refractivity contribution is 7.15. The van der Waals surface area contributed by atoms with Crippen molar-refractivity contribution in [1.29, 1.82) is 0 Å². The molecule has 8 heteroatoms. The van der Waals surface area contributed by atoms with Gasteiger partial charge in [-0.3, -0.25) is 5.32 Å². The zero-order valence-corrected chi connectivity index (χ0v) is 16.3. The van der Waals surface area contributed by atoms with E-state index in [1.54, 1.807) is 6.26 Å². The number of anilines is 1. The largest absolute Gasteiger partial charge is 0.444 e. The third kappa shape index (κ3) is 5.62. The van der Waals surface area contributed by atoms with Gasteiger partial charge in [-0.15, -0.1) is 10.2 Å². The molecule has 2 heterocycles. The highest BCUT2D eigenvalue weighted by Crippen LogP contribution is 2.19. The first-order valence-electron chi connectivity index (χ1n) is 9.02. The monoisotopic (exact) mass is 385 g/mol. The molecule has 0 saturated carbocycles. The van der Waals surface area contributed by atoms with Crippen LogP contribution >= 0.6 is 11.3 Å². The Kier molecular flexibility index (Phi) is 6.54. The van der Waals surface area contributed by atoms with E-state index in [0.29, 0.717) is 24.0 Å². The van der Waals surface area contributed by atoms with Gasteiger partial charge >= 0.3 is 6.03 Å². The van der Waals surface area contributed by atoms with E-state index < -0.39 is 0 Å². The Labute approximate surface area is 162 Å². The summed E-state index contributed by atoms with van der Waals surface area (Å²) in [5.74, 6) is 0.586. The van der Waals surface area contributed by atoms with Gasteiger partial charge < -0.3 is 9.73 Å². The number of nitrogens with one attached hydrogen (secondary N) is 2. The minimum absolute atomic E-state index is 0.296. The molecule has 2 amide bonds. The van der Waals surface area contributed by atoms with Gasteiger partial charge in [-0.2, -0.15) is 0 Å². The van der Waals surface area contributed by atoms with Crippen LogP contribution in [0.15, 0.2) is 34.9 Å². The number of carbonyl (C=O) groups is 1. The number of oxazole rings is 1. The first-order chi connectivity index (χ1) is 13.1. The minimum atomic E-state index is -0.296. The summed E-state index contributed by atoms with van der Waals surface area (Å²) < 4.78 is 5.52. The van der Waals surface area contributed by atoms with Crippen molar-refractivity contribution in [2.45, 2.75) is 39.5 Å². The maximum absolute atomic E-state index is 12.0. The minimum Gasteiger partial charge on any atom is -0.444 e. The van der Waals surface area contributed by atoms with Crippen LogP contribution in [0.4, 0.5) is 9.93 Å². The number of unbranched alkanes of at least 4 members (excludes halogenated alkanes) is 1. The molecular weight excluding hydrogens is 362 g/mol. The van der Waals surface area contributed by atoms with E-state index in [0.717, 1.165) is 35.5 Å². The van der Waals surface area contributed by atoms with Gasteiger partial charge in [0.15, 0.2) is 0 Å². The molecule has 7 nitrogen and oxygen atoms in total. The van der Waals surface area contributed by atoms with Gasteiger partial charge in [0.2, 0.25) is 11.0 Å². The Morgan fingerprint density at radius 1 is 1.19 bits per heavy atom. The summed E-state index contributed by atoms with van der Waals surface area (Å²) >= 11 is 1.41. The molecule has 3 aromatic rings. The van der Waals surface area contributed by atoms with Crippen LogP contribution in [0.1, 0.15) is 36.0 Å². The molecule has 0 saturated heterocycles. The van der Waals surface area contributed by atoms with Crippen LogP contribution in [0.25, 0.3) is 11.5 Å². The molecule has 0 bridgehead atoms. The molecule has 1 aromatic carbocycles. The van der Waals surface area contributed by atoms with Gasteiger partial charge in [0.05, 0.1) is 5.69 Å². The number of carbonyl (C=O) groups excluding carboxylic acids is 1. The Hall–Kier alpha value is -2.74. The SMILES string of the molecule is CCCCc1nnc(NC(=O)NCCc2coc(-c3ccc(C)cc3)n2)s1. The molecule has 2 aromatic heterocycles. The fraction of sp³-hybridized carbons (Fsp3) is 0.368. The van der Waals surface area contributed by atoms with Gasteiger partial charge in [0.1, 0.15) is 11.3 Å². The predicted molar refractivity (Wildman–Crippen MR) is 106 cm³/mol. The van der Waals surface area contributed by atoms with Gasteiger partial charge in [-0.1, -0.05) is 42.4 Å². The molecule has 0 aliphatic heterocycles. The molecule has 2 N–H and O–H groups in total. The number of hydrogen-bond acceptors (Lipinski definition) is 6.